The Labute approximate surface area is 115 Å². The van der Waals surface area contributed by atoms with Gasteiger partial charge in [0.2, 0.25) is 0 Å². The molecule has 0 fully saturated rings. The number of benzene rings is 1. The molecule has 1 atom stereocenters. The van der Waals surface area contributed by atoms with E-state index in [-0.39, 0.29) is 18.6 Å². The van der Waals surface area contributed by atoms with Crippen LogP contribution >= 0.6 is 0 Å². The Kier molecular flexibility index (Phi) is 6.97. The lowest BCUT2D eigenvalue weighted by molar-refractivity contribution is -0.122. The number of likely N-dealkylation sites (N-methyl/N-ethyl adjacent to an activating group) is 1. The van der Waals surface area contributed by atoms with Crippen molar-refractivity contribution < 1.29 is 9.53 Å². The standard InChI is InChI=1S/C15H24N2O2/c1-4-9-17-12(3)13-7-6-8-14(10-13)19-11-15(18)16-5-2/h6-8,10,12,17H,4-5,9,11H2,1-3H3,(H,16,18). The summed E-state index contributed by atoms with van der Waals surface area (Å²) < 4.78 is 5.48. The normalized spacial score (nSPS) is 11.9. The molecule has 0 heterocycles. The van der Waals surface area contributed by atoms with Gasteiger partial charge in [0.05, 0.1) is 0 Å². The van der Waals surface area contributed by atoms with Crippen LogP contribution in [0.4, 0.5) is 0 Å². The molecular formula is C15H24N2O2. The number of carbonyl (C=O) groups excluding carboxylic acids is 1. The predicted molar refractivity (Wildman–Crippen MR) is 77.3 cm³/mol. The van der Waals surface area contributed by atoms with Gasteiger partial charge >= 0.3 is 0 Å². The molecule has 106 valence electrons. The van der Waals surface area contributed by atoms with Crippen LogP contribution in [0.3, 0.4) is 0 Å². The van der Waals surface area contributed by atoms with Gasteiger partial charge in [-0.05, 0) is 44.5 Å². The molecule has 0 spiro atoms. The molecule has 0 aliphatic carbocycles. The minimum atomic E-state index is -0.0925. The number of carbonyl (C=O) groups is 1. The van der Waals surface area contributed by atoms with Crippen LogP contribution in [0.5, 0.6) is 5.75 Å². The Balaban J connectivity index is 2.54. The second-order valence-corrected chi connectivity index (χ2v) is 4.49. The first-order valence-electron chi connectivity index (χ1n) is 6.90. The van der Waals surface area contributed by atoms with Gasteiger partial charge in [-0.1, -0.05) is 19.1 Å². The molecule has 4 nitrogen and oxygen atoms in total. The van der Waals surface area contributed by atoms with Crippen LogP contribution in [-0.4, -0.2) is 25.6 Å². The molecule has 1 amide bonds. The van der Waals surface area contributed by atoms with Crippen LogP contribution in [0.25, 0.3) is 0 Å². The zero-order chi connectivity index (χ0) is 14.1. The summed E-state index contributed by atoms with van der Waals surface area (Å²) in [5.41, 5.74) is 1.17. The van der Waals surface area contributed by atoms with E-state index in [2.05, 4.69) is 30.5 Å². The molecule has 0 aliphatic heterocycles. The summed E-state index contributed by atoms with van der Waals surface area (Å²) in [4.78, 5) is 11.3. The van der Waals surface area contributed by atoms with Gasteiger partial charge in [0.25, 0.3) is 5.91 Å². The van der Waals surface area contributed by atoms with Crippen LogP contribution in [0.15, 0.2) is 24.3 Å². The van der Waals surface area contributed by atoms with E-state index in [4.69, 9.17) is 4.74 Å². The summed E-state index contributed by atoms with van der Waals surface area (Å²) in [7, 11) is 0. The number of ether oxygens (including phenoxy) is 1. The highest BCUT2D eigenvalue weighted by atomic mass is 16.5. The maximum atomic E-state index is 11.3. The fourth-order valence-electron chi connectivity index (χ4n) is 1.75. The second kappa shape index (κ2) is 8.53. The van der Waals surface area contributed by atoms with Crippen molar-refractivity contribution in [2.24, 2.45) is 0 Å². The Morgan fingerprint density at radius 1 is 1.37 bits per heavy atom. The first kappa shape index (κ1) is 15.5. The molecule has 0 aliphatic rings. The molecule has 0 radical (unpaired) electrons. The molecule has 1 rings (SSSR count). The smallest absolute Gasteiger partial charge is 0.257 e. The summed E-state index contributed by atoms with van der Waals surface area (Å²) in [6.45, 7) is 7.84. The maximum absolute atomic E-state index is 11.3. The fourth-order valence-corrected chi connectivity index (χ4v) is 1.75. The highest BCUT2D eigenvalue weighted by Crippen LogP contribution is 2.19. The third-order valence-corrected chi connectivity index (χ3v) is 2.80. The SMILES string of the molecule is CCCNC(C)c1cccc(OCC(=O)NCC)c1. The molecule has 0 aromatic heterocycles. The van der Waals surface area contributed by atoms with E-state index in [1.54, 1.807) is 0 Å². The fraction of sp³-hybridized carbons (Fsp3) is 0.533. The van der Waals surface area contributed by atoms with E-state index in [1.807, 2.05) is 25.1 Å². The summed E-state index contributed by atoms with van der Waals surface area (Å²) in [6, 6.07) is 8.15. The molecule has 1 unspecified atom stereocenters. The number of amides is 1. The topological polar surface area (TPSA) is 50.4 Å². The quantitative estimate of drug-likeness (QED) is 0.757. The van der Waals surface area contributed by atoms with Crippen LogP contribution < -0.4 is 15.4 Å². The lowest BCUT2D eigenvalue weighted by Gasteiger charge is -2.15. The monoisotopic (exact) mass is 264 g/mol. The van der Waals surface area contributed by atoms with Crippen LogP contribution in [0.2, 0.25) is 0 Å². The van der Waals surface area contributed by atoms with Crippen molar-refractivity contribution in [3.63, 3.8) is 0 Å². The average Bonchev–Trinajstić information content (AvgIpc) is 2.43. The Hall–Kier alpha value is -1.55. The number of hydrogen-bond acceptors (Lipinski definition) is 3. The van der Waals surface area contributed by atoms with Gasteiger partial charge in [0.15, 0.2) is 6.61 Å². The van der Waals surface area contributed by atoms with Crippen molar-refractivity contribution >= 4 is 5.91 Å². The number of hydrogen-bond donors (Lipinski definition) is 2. The third-order valence-electron chi connectivity index (χ3n) is 2.80. The summed E-state index contributed by atoms with van der Waals surface area (Å²) >= 11 is 0. The van der Waals surface area contributed by atoms with Gasteiger partial charge in [0, 0.05) is 12.6 Å². The van der Waals surface area contributed by atoms with E-state index in [0.717, 1.165) is 18.7 Å². The predicted octanol–water partition coefficient (Wildman–Crippen LogP) is 2.26. The molecule has 1 aromatic rings. The van der Waals surface area contributed by atoms with Gasteiger partial charge < -0.3 is 15.4 Å². The number of rotatable bonds is 8. The number of nitrogens with one attached hydrogen (secondary N) is 2. The Bertz CT molecular complexity index is 393. The second-order valence-electron chi connectivity index (χ2n) is 4.49. The van der Waals surface area contributed by atoms with Gasteiger partial charge in [-0.25, -0.2) is 0 Å². The molecule has 4 heteroatoms. The Morgan fingerprint density at radius 3 is 2.84 bits per heavy atom. The van der Waals surface area contributed by atoms with E-state index in [1.165, 1.54) is 5.56 Å². The maximum Gasteiger partial charge on any atom is 0.257 e. The molecule has 0 bridgehead atoms. The van der Waals surface area contributed by atoms with Crippen LogP contribution in [0.1, 0.15) is 38.8 Å². The van der Waals surface area contributed by atoms with E-state index in [0.29, 0.717) is 6.54 Å². The van der Waals surface area contributed by atoms with Gasteiger partial charge in [-0.3, -0.25) is 4.79 Å². The molecule has 1 aromatic carbocycles. The van der Waals surface area contributed by atoms with Gasteiger partial charge in [-0.2, -0.15) is 0 Å². The molecular weight excluding hydrogens is 240 g/mol. The third kappa shape index (κ3) is 5.75. The minimum Gasteiger partial charge on any atom is -0.484 e. The van der Waals surface area contributed by atoms with Gasteiger partial charge in [-0.15, -0.1) is 0 Å². The molecule has 0 saturated heterocycles. The van der Waals surface area contributed by atoms with Crippen molar-refractivity contribution in [1.82, 2.24) is 10.6 Å². The Morgan fingerprint density at radius 2 is 2.16 bits per heavy atom. The average molecular weight is 264 g/mol. The first-order chi connectivity index (χ1) is 9.17. The van der Waals surface area contributed by atoms with E-state index < -0.39 is 0 Å². The van der Waals surface area contributed by atoms with E-state index >= 15 is 0 Å². The van der Waals surface area contributed by atoms with E-state index in [9.17, 15) is 4.79 Å². The van der Waals surface area contributed by atoms with Crippen molar-refractivity contribution in [3.8, 4) is 5.75 Å². The lowest BCUT2D eigenvalue weighted by atomic mass is 10.1. The highest BCUT2D eigenvalue weighted by Gasteiger charge is 2.06. The minimum absolute atomic E-state index is 0.0636. The van der Waals surface area contributed by atoms with Crippen molar-refractivity contribution in [2.75, 3.05) is 19.7 Å². The van der Waals surface area contributed by atoms with Crippen molar-refractivity contribution in [1.29, 1.82) is 0 Å². The van der Waals surface area contributed by atoms with Crippen LogP contribution in [0, 0.1) is 0 Å². The first-order valence-corrected chi connectivity index (χ1v) is 6.90. The van der Waals surface area contributed by atoms with Crippen molar-refractivity contribution in [2.45, 2.75) is 33.2 Å². The lowest BCUT2D eigenvalue weighted by Crippen LogP contribution is -2.28. The summed E-state index contributed by atoms with van der Waals surface area (Å²) in [5, 5.41) is 6.13. The largest absolute Gasteiger partial charge is 0.484 e. The summed E-state index contributed by atoms with van der Waals surface area (Å²) in [6.07, 6.45) is 1.11. The summed E-state index contributed by atoms with van der Waals surface area (Å²) in [5.74, 6) is 0.638. The van der Waals surface area contributed by atoms with Gasteiger partial charge in [0.1, 0.15) is 5.75 Å². The zero-order valence-electron chi connectivity index (χ0n) is 12.0. The van der Waals surface area contributed by atoms with Crippen LogP contribution in [-0.2, 0) is 4.79 Å². The molecule has 0 saturated carbocycles. The molecule has 19 heavy (non-hydrogen) atoms. The highest BCUT2D eigenvalue weighted by molar-refractivity contribution is 5.77. The van der Waals surface area contributed by atoms with Crippen molar-refractivity contribution in [3.05, 3.63) is 29.8 Å². The zero-order valence-corrected chi connectivity index (χ0v) is 12.0. The molecule has 2 N–H and O–H groups in total.